The van der Waals surface area contributed by atoms with Crippen LogP contribution in [-0.4, -0.2) is 48.4 Å². The van der Waals surface area contributed by atoms with Crippen molar-refractivity contribution < 1.29 is 19.1 Å². The summed E-state index contributed by atoms with van der Waals surface area (Å²) in [4.78, 5) is 41.4. The zero-order valence-electron chi connectivity index (χ0n) is 19.6. The van der Waals surface area contributed by atoms with E-state index < -0.39 is 23.9 Å². The van der Waals surface area contributed by atoms with E-state index in [4.69, 9.17) is 16.3 Å². The normalized spacial score (nSPS) is 16.6. The number of aromatic amines is 1. The molecule has 2 aromatic carbocycles. The number of carbonyl (C=O) groups is 3. The van der Waals surface area contributed by atoms with Gasteiger partial charge in [0.1, 0.15) is 23.5 Å². The van der Waals surface area contributed by atoms with E-state index in [0.717, 1.165) is 16.5 Å². The fourth-order valence-electron chi connectivity index (χ4n) is 4.34. The van der Waals surface area contributed by atoms with Crippen LogP contribution in [0.3, 0.4) is 0 Å². The number of ether oxygens (including phenoxy) is 1. The lowest BCUT2D eigenvalue weighted by Crippen LogP contribution is -2.51. The number of nitriles is 1. The maximum Gasteiger partial charge on any atom is 0.268 e. The number of rotatable bonds is 9. The van der Waals surface area contributed by atoms with Crippen molar-refractivity contribution in [1.82, 2.24) is 20.9 Å². The Hall–Kier alpha value is -4.03. The van der Waals surface area contributed by atoms with Crippen molar-refractivity contribution in [2.75, 3.05) is 13.7 Å². The topological polar surface area (TPSA) is 136 Å². The average Bonchev–Trinajstić information content (AvgIpc) is 3.49. The van der Waals surface area contributed by atoms with Gasteiger partial charge in [0.2, 0.25) is 11.8 Å². The predicted octanol–water partition coefficient (Wildman–Crippen LogP) is 2.71. The van der Waals surface area contributed by atoms with Crippen LogP contribution in [0.25, 0.3) is 10.9 Å². The van der Waals surface area contributed by atoms with Crippen molar-refractivity contribution in [2.45, 2.75) is 31.3 Å². The molecule has 4 rings (SSSR count). The van der Waals surface area contributed by atoms with E-state index in [9.17, 15) is 19.6 Å². The predicted molar refractivity (Wildman–Crippen MR) is 135 cm³/mol. The molecule has 3 atom stereocenters. The summed E-state index contributed by atoms with van der Waals surface area (Å²) in [6.07, 6.45) is 0.969. The van der Waals surface area contributed by atoms with Crippen molar-refractivity contribution in [2.24, 2.45) is 5.92 Å². The van der Waals surface area contributed by atoms with Crippen LogP contribution in [0.5, 0.6) is 5.75 Å². The lowest BCUT2D eigenvalue weighted by Gasteiger charge is -2.21. The van der Waals surface area contributed by atoms with Gasteiger partial charge in [-0.15, -0.1) is 0 Å². The Morgan fingerprint density at radius 1 is 1.22 bits per heavy atom. The Labute approximate surface area is 213 Å². The highest BCUT2D eigenvalue weighted by molar-refractivity contribution is 6.30. The van der Waals surface area contributed by atoms with Crippen LogP contribution >= 0.6 is 11.6 Å². The summed E-state index contributed by atoms with van der Waals surface area (Å²) < 4.78 is 5.36. The molecule has 36 heavy (non-hydrogen) atoms. The van der Waals surface area contributed by atoms with Gasteiger partial charge < -0.3 is 25.7 Å². The van der Waals surface area contributed by atoms with Gasteiger partial charge in [0.05, 0.1) is 13.2 Å². The molecule has 186 valence electrons. The highest BCUT2D eigenvalue weighted by Crippen LogP contribution is 2.26. The maximum absolute atomic E-state index is 13.3. The van der Waals surface area contributed by atoms with Crippen molar-refractivity contribution in [1.29, 1.82) is 5.26 Å². The molecule has 0 radical (unpaired) electrons. The van der Waals surface area contributed by atoms with Crippen molar-refractivity contribution in [3.63, 3.8) is 0 Å². The van der Waals surface area contributed by atoms with Crippen LogP contribution in [0.1, 0.15) is 28.9 Å². The minimum absolute atomic E-state index is 0.123. The van der Waals surface area contributed by atoms with Crippen LogP contribution in [0.2, 0.25) is 5.02 Å². The molecule has 3 aromatic rings. The number of nitrogens with one attached hydrogen (secondary N) is 4. The summed E-state index contributed by atoms with van der Waals surface area (Å²) in [6.45, 7) is 0.554. The van der Waals surface area contributed by atoms with Crippen molar-refractivity contribution in [3.05, 3.63) is 64.8 Å². The van der Waals surface area contributed by atoms with Crippen LogP contribution in [0, 0.1) is 17.2 Å². The SMILES string of the molecule is COc1cccc2[nH]c(C(=O)N[C@@H](Cc3cccc(Cl)c3)C(=O)N[C@H](C#N)CC3CCNC3=O)cc12. The number of hydrogen-bond acceptors (Lipinski definition) is 5. The molecule has 1 aliphatic heterocycles. The molecule has 0 aliphatic carbocycles. The Balaban J connectivity index is 1.54. The number of nitrogens with zero attached hydrogens (tertiary/aromatic N) is 1. The van der Waals surface area contributed by atoms with Gasteiger partial charge >= 0.3 is 0 Å². The molecule has 1 aromatic heterocycles. The Morgan fingerprint density at radius 3 is 2.72 bits per heavy atom. The van der Waals surface area contributed by atoms with Gasteiger partial charge in [0, 0.05) is 34.8 Å². The van der Waals surface area contributed by atoms with Crippen molar-refractivity contribution >= 4 is 40.2 Å². The molecule has 2 heterocycles. The highest BCUT2D eigenvalue weighted by atomic mass is 35.5. The number of hydrogen-bond donors (Lipinski definition) is 4. The summed E-state index contributed by atoms with van der Waals surface area (Å²) >= 11 is 6.11. The minimum atomic E-state index is -0.988. The van der Waals surface area contributed by atoms with Gasteiger partial charge in [0.25, 0.3) is 5.91 Å². The third-order valence-corrected chi connectivity index (χ3v) is 6.43. The molecule has 0 saturated carbocycles. The fraction of sp³-hybridized carbons (Fsp3) is 0.308. The molecule has 4 N–H and O–H groups in total. The second kappa shape index (κ2) is 11.1. The van der Waals surface area contributed by atoms with Gasteiger partial charge in [-0.3, -0.25) is 14.4 Å². The summed E-state index contributed by atoms with van der Waals surface area (Å²) in [5, 5.41) is 19.0. The third kappa shape index (κ3) is 5.78. The number of fused-ring (bicyclic) bond motifs is 1. The molecule has 1 unspecified atom stereocenters. The lowest BCUT2D eigenvalue weighted by molar-refractivity contribution is -0.125. The van der Waals surface area contributed by atoms with Crippen LogP contribution in [0.15, 0.2) is 48.5 Å². The molecule has 10 heteroatoms. The van der Waals surface area contributed by atoms with Gasteiger partial charge in [-0.2, -0.15) is 5.26 Å². The second-order valence-electron chi connectivity index (χ2n) is 8.67. The van der Waals surface area contributed by atoms with Crippen molar-refractivity contribution in [3.8, 4) is 11.8 Å². The zero-order valence-corrected chi connectivity index (χ0v) is 20.4. The molecule has 1 saturated heterocycles. The number of carbonyl (C=O) groups excluding carboxylic acids is 3. The summed E-state index contributed by atoms with van der Waals surface area (Å²) in [7, 11) is 1.55. The lowest BCUT2D eigenvalue weighted by atomic mass is 9.98. The second-order valence-corrected chi connectivity index (χ2v) is 9.10. The first-order valence-electron chi connectivity index (χ1n) is 11.6. The molecule has 0 bridgehead atoms. The molecule has 9 nitrogen and oxygen atoms in total. The molecular formula is C26H26ClN5O4. The number of halogens is 1. The number of aromatic nitrogens is 1. The van der Waals surface area contributed by atoms with Crippen LogP contribution in [0.4, 0.5) is 0 Å². The van der Waals surface area contributed by atoms with Gasteiger partial charge in [0.15, 0.2) is 0 Å². The molecule has 3 amide bonds. The van der Waals surface area contributed by atoms with Crippen LogP contribution in [-0.2, 0) is 16.0 Å². The van der Waals surface area contributed by atoms with Gasteiger partial charge in [-0.05, 0) is 48.7 Å². The minimum Gasteiger partial charge on any atom is -0.496 e. The molecular weight excluding hydrogens is 482 g/mol. The fourth-order valence-corrected chi connectivity index (χ4v) is 4.56. The van der Waals surface area contributed by atoms with Crippen LogP contribution < -0.4 is 20.7 Å². The first kappa shape index (κ1) is 25.1. The smallest absolute Gasteiger partial charge is 0.268 e. The summed E-state index contributed by atoms with van der Waals surface area (Å²) in [5.41, 5.74) is 1.72. The number of methoxy groups -OCH3 is 1. The summed E-state index contributed by atoms with van der Waals surface area (Å²) in [6, 6.07) is 14.3. The number of benzene rings is 2. The first-order chi connectivity index (χ1) is 17.4. The average molecular weight is 508 g/mol. The van der Waals surface area contributed by atoms with E-state index in [-0.39, 0.29) is 30.4 Å². The van der Waals surface area contributed by atoms with E-state index in [2.05, 4.69) is 27.0 Å². The largest absolute Gasteiger partial charge is 0.496 e. The van der Waals surface area contributed by atoms with E-state index in [1.165, 1.54) is 0 Å². The van der Waals surface area contributed by atoms with E-state index in [1.54, 1.807) is 49.6 Å². The number of H-pyrrole nitrogens is 1. The third-order valence-electron chi connectivity index (χ3n) is 6.19. The monoisotopic (exact) mass is 507 g/mol. The Kier molecular flexibility index (Phi) is 7.76. The van der Waals surface area contributed by atoms with E-state index >= 15 is 0 Å². The standard InChI is InChI=1S/C26H26ClN5O4/c1-36-23-7-3-6-20-19(23)13-22(31-20)26(35)32-21(11-15-4-2-5-17(27)10-15)25(34)30-18(14-28)12-16-8-9-29-24(16)33/h2-7,10,13,16,18,21,31H,8-9,11-12H2,1H3,(H,29,33)(H,30,34)(H,32,35)/t16?,18-,21-/m0/s1. The summed E-state index contributed by atoms with van der Waals surface area (Å²) in [5.74, 6) is -0.857. The quantitative estimate of drug-likeness (QED) is 0.353. The maximum atomic E-state index is 13.3. The Morgan fingerprint density at radius 2 is 2.03 bits per heavy atom. The first-order valence-corrected chi connectivity index (χ1v) is 11.9. The molecule has 0 spiro atoms. The van der Waals surface area contributed by atoms with E-state index in [0.29, 0.717) is 23.7 Å². The van der Waals surface area contributed by atoms with E-state index in [1.807, 2.05) is 6.07 Å². The Bertz CT molecular complexity index is 1330. The number of amides is 3. The zero-order chi connectivity index (χ0) is 25.7. The molecule has 1 aliphatic rings. The molecule has 1 fully saturated rings. The van der Waals surface area contributed by atoms with Gasteiger partial charge in [-0.25, -0.2) is 0 Å². The highest BCUT2D eigenvalue weighted by Gasteiger charge is 2.30. The van der Waals surface area contributed by atoms with Gasteiger partial charge in [-0.1, -0.05) is 29.8 Å².